The monoisotopic (exact) mass is 481 g/mol. The van der Waals surface area contributed by atoms with E-state index >= 15 is 0 Å². The second kappa shape index (κ2) is 10.2. The van der Waals surface area contributed by atoms with E-state index in [0.717, 1.165) is 16.4 Å². The van der Waals surface area contributed by atoms with Crippen LogP contribution >= 0.6 is 34.8 Å². The first-order chi connectivity index (χ1) is 12.5. The average molecular weight is 481 g/mol. The maximum Gasteiger partial charge on any atom is 0.258 e. The van der Waals surface area contributed by atoms with Crippen LogP contribution in [0.5, 0.6) is 0 Å². The quantitative estimate of drug-likeness (QED) is 0.332. The molecule has 0 aliphatic carbocycles. The molecular weight excluding hydrogens is 461 g/mol. The molecular formula is C19H20IN3O2S. The maximum absolute atomic E-state index is 12.3. The summed E-state index contributed by atoms with van der Waals surface area (Å²) >= 11 is 7.33. The van der Waals surface area contributed by atoms with Crippen LogP contribution in [0.25, 0.3) is 0 Å². The number of rotatable bonds is 6. The Labute approximate surface area is 172 Å². The van der Waals surface area contributed by atoms with Gasteiger partial charge in [0.2, 0.25) is 0 Å². The number of hydrogen-bond acceptors (Lipinski definition) is 3. The van der Waals surface area contributed by atoms with Gasteiger partial charge < -0.3 is 10.6 Å². The highest BCUT2D eigenvalue weighted by Crippen LogP contribution is 2.15. The predicted molar refractivity (Wildman–Crippen MR) is 117 cm³/mol. The van der Waals surface area contributed by atoms with Gasteiger partial charge in [-0.1, -0.05) is 37.6 Å². The highest BCUT2D eigenvalue weighted by atomic mass is 127. The fourth-order valence-electron chi connectivity index (χ4n) is 2.23. The molecule has 0 unspecified atom stereocenters. The van der Waals surface area contributed by atoms with Crippen molar-refractivity contribution in [2.45, 2.75) is 19.8 Å². The molecule has 2 aromatic carbocycles. The van der Waals surface area contributed by atoms with Crippen molar-refractivity contribution in [3.8, 4) is 0 Å². The van der Waals surface area contributed by atoms with Gasteiger partial charge in [0.25, 0.3) is 11.8 Å². The van der Waals surface area contributed by atoms with Crippen LogP contribution in [0.3, 0.4) is 0 Å². The van der Waals surface area contributed by atoms with Crippen molar-refractivity contribution >= 4 is 57.4 Å². The lowest BCUT2D eigenvalue weighted by molar-refractivity contribution is 0.0952. The van der Waals surface area contributed by atoms with Crippen LogP contribution in [0.15, 0.2) is 48.5 Å². The SMILES string of the molecule is CCCCNC(=O)c1ccccc1NC(=S)NC(=O)c1ccccc1I. The number of anilines is 1. The van der Waals surface area contributed by atoms with Gasteiger partial charge in [-0.15, -0.1) is 0 Å². The summed E-state index contributed by atoms with van der Waals surface area (Å²) in [5.74, 6) is -0.467. The third kappa shape index (κ3) is 5.77. The molecule has 0 heterocycles. The lowest BCUT2D eigenvalue weighted by Crippen LogP contribution is -2.35. The first kappa shape index (κ1) is 20.3. The summed E-state index contributed by atoms with van der Waals surface area (Å²) in [7, 11) is 0. The van der Waals surface area contributed by atoms with E-state index in [-0.39, 0.29) is 16.9 Å². The Bertz CT molecular complexity index is 811. The minimum Gasteiger partial charge on any atom is -0.352 e. The van der Waals surface area contributed by atoms with Crippen molar-refractivity contribution in [3.63, 3.8) is 0 Å². The Morgan fingerprint density at radius 1 is 1.00 bits per heavy atom. The van der Waals surface area contributed by atoms with Gasteiger partial charge in [-0.3, -0.25) is 14.9 Å². The number of thiocarbonyl (C=S) groups is 1. The molecule has 136 valence electrons. The molecule has 2 amide bonds. The number of carbonyl (C=O) groups excluding carboxylic acids is 2. The van der Waals surface area contributed by atoms with Gasteiger partial charge >= 0.3 is 0 Å². The fourth-order valence-corrected chi connectivity index (χ4v) is 3.07. The summed E-state index contributed by atoms with van der Waals surface area (Å²) in [5.41, 5.74) is 1.58. The number of benzene rings is 2. The first-order valence-corrected chi connectivity index (χ1v) is 9.75. The average Bonchev–Trinajstić information content (AvgIpc) is 2.62. The van der Waals surface area contributed by atoms with Gasteiger partial charge in [0, 0.05) is 10.1 Å². The molecule has 26 heavy (non-hydrogen) atoms. The number of para-hydroxylation sites is 1. The summed E-state index contributed by atoms with van der Waals surface area (Å²) in [5, 5.41) is 8.61. The van der Waals surface area contributed by atoms with Gasteiger partial charge in [-0.2, -0.15) is 0 Å². The normalized spacial score (nSPS) is 10.1. The topological polar surface area (TPSA) is 70.2 Å². The number of unbranched alkanes of at least 4 members (excludes halogenated alkanes) is 1. The molecule has 0 radical (unpaired) electrons. The molecule has 0 aliphatic rings. The van der Waals surface area contributed by atoms with Crippen molar-refractivity contribution in [3.05, 3.63) is 63.2 Å². The number of nitrogens with one attached hydrogen (secondary N) is 3. The van der Waals surface area contributed by atoms with Crippen molar-refractivity contribution in [2.75, 3.05) is 11.9 Å². The third-order valence-electron chi connectivity index (χ3n) is 3.58. The smallest absolute Gasteiger partial charge is 0.258 e. The molecule has 0 fully saturated rings. The van der Waals surface area contributed by atoms with E-state index in [9.17, 15) is 9.59 Å². The van der Waals surface area contributed by atoms with Crippen LogP contribution in [-0.4, -0.2) is 23.5 Å². The number of carbonyl (C=O) groups is 2. The molecule has 3 N–H and O–H groups in total. The highest BCUT2D eigenvalue weighted by Gasteiger charge is 2.14. The molecule has 5 nitrogen and oxygen atoms in total. The minimum atomic E-state index is -0.294. The van der Waals surface area contributed by atoms with Crippen molar-refractivity contribution in [2.24, 2.45) is 0 Å². The molecule has 0 aromatic heterocycles. The van der Waals surface area contributed by atoms with Crippen LogP contribution < -0.4 is 16.0 Å². The van der Waals surface area contributed by atoms with E-state index in [1.807, 2.05) is 12.1 Å². The molecule has 0 aliphatic heterocycles. The largest absolute Gasteiger partial charge is 0.352 e. The lowest BCUT2D eigenvalue weighted by atomic mass is 10.1. The predicted octanol–water partition coefficient (Wildman–Crippen LogP) is 3.95. The summed E-state index contributed by atoms with van der Waals surface area (Å²) < 4.78 is 0.834. The highest BCUT2D eigenvalue weighted by molar-refractivity contribution is 14.1. The Morgan fingerprint density at radius 3 is 2.35 bits per heavy atom. The van der Waals surface area contributed by atoms with E-state index < -0.39 is 0 Å². The summed E-state index contributed by atoms with van der Waals surface area (Å²) in [6, 6.07) is 14.3. The Morgan fingerprint density at radius 2 is 1.65 bits per heavy atom. The van der Waals surface area contributed by atoms with Crippen LogP contribution in [0.2, 0.25) is 0 Å². The van der Waals surface area contributed by atoms with Crippen molar-refractivity contribution < 1.29 is 9.59 Å². The Kier molecular flexibility index (Phi) is 7.99. The molecule has 0 bridgehead atoms. The van der Waals surface area contributed by atoms with Crippen LogP contribution in [0, 0.1) is 3.57 Å². The lowest BCUT2D eigenvalue weighted by Gasteiger charge is -2.14. The van der Waals surface area contributed by atoms with Crippen LogP contribution in [-0.2, 0) is 0 Å². The van der Waals surface area contributed by atoms with E-state index in [1.165, 1.54) is 0 Å². The molecule has 0 atom stereocenters. The van der Waals surface area contributed by atoms with Gasteiger partial charge in [0.05, 0.1) is 16.8 Å². The Balaban J connectivity index is 2.04. The zero-order chi connectivity index (χ0) is 18.9. The van der Waals surface area contributed by atoms with E-state index in [1.54, 1.807) is 36.4 Å². The standard InChI is InChI=1S/C19H20IN3O2S/c1-2-3-12-21-17(24)14-9-5-7-11-16(14)22-19(26)23-18(25)13-8-4-6-10-15(13)20/h4-11H,2-3,12H2,1H3,(H,21,24)(H2,22,23,25,26). The van der Waals surface area contributed by atoms with Crippen LogP contribution in [0.4, 0.5) is 5.69 Å². The van der Waals surface area contributed by atoms with Crippen LogP contribution in [0.1, 0.15) is 40.5 Å². The summed E-state index contributed by atoms with van der Waals surface area (Å²) in [6.45, 7) is 2.69. The summed E-state index contributed by atoms with van der Waals surface area (Å²) in [4.78, 5) is 24.7. The molecule has 2 rings (SSSR count). The number of hydrogen-bond donors (Lipinski definition) is 3. The van der Waals surface area contributed by atoms with Crippen molar-refractivity contribution in [1.82, 2.24) is 10.6 Å². The van der Waals surface area contributed by atoms with Gasteiger partial charge in [0.15, 0.2) is 5.11 Å². The molecule has 2 aromatic rings. The first-order valence-electron chi connectivity index (χ1n) is 8.27. The zero-order valence-electron chi connectivity index (χ0n) is 14.3. The third-order valence-corrected chi connectivity index (χ3v) is 4.73. The second-order valence-corrected chi connectivity index (χ2v) is 7.11. The minimum absolute atomic E-state index is 0.142. The summed E-state index contributed by atoms with van der Waals surface area (Å²) in [6.07, 6.45) is 1.93. The molecule has 0 saturated carbocycles. The molecule has 0 saturated heterocycles. The van der Waals surface area contributed by atoms with Gasteiger partial charge in [-0.05, 0) is 65.5 Å². The van der Waals surface area contributed by atoms with Gasteiger partial charge in [-0.25, -0.2) is 0 Å². The van der Waals surface area contributed by atoms with E-state index in [4.69, 9.17) is 12.2 Å². The van der Waals surface area contributed by atoms with Gasteiger partial charge in [0.1, 0.15) is 0 Å². The number of amides is 2. The van der Waals surface area contributed by atoms with E-state index in [2.05, 4.69) is 45.5 Å². The zero-order valence-corrected chi connectivity index (χ0v) is 17.3. The fraction of sp³-hybridized carbons (Fsp3) is 0.211. The maximum atomic E-state index is 12.3. The molecule has 0 spiro atoms. The second-order valence-electron chi connectivity index (χ2n) is 5.54. The molecule has 7 heteroatoms. The van der Waals surface area contributed by atoms with Crippen molar-refractivity contribution in [1.29, 1.82) is 0 Å². The number of halogens is 1. The Hall–Kier alpha value is -2.00. The van der Waals surface area contributed by atoms with E-state index in [0.29, 0.717) is 23.4 Å².